The number of rotatable bonds is 9. The van der Waals surface area contributed by atoms with Crippen LogP contribution in [0.15, 0.2) is 108 Å². The average Bonchev–Trinajstić information content (AvgIpc) is 2.78. The normalized spacial score (nSPS) is 11.7. The van der Waals surface area contributed by atoms with Gasteiger partial charge in [0, 0.05) is 29.0 Å². The van der Waals surface area contributed by atoms with Crippen LogP contribution in [-0.2, 0) is 4.74 Å². The number of halogens is 3. The van der Waals surface area contributed by atoms with Crippen molar-refractivity contribution < 1.29 is 23.0 Å². The summed E-state index contributed by atoms with van der Waals surface area (Å²) in [5, 5.41) is 9.34. The summed E-state index contributed by atoms with van der Waals surface area (Å²) in [4.78, 5) is 4.01. The van der Waals surface area contributed by atoms with E-state index >= 15 is 0 Å². The van der Waals surface area contributed by atoms with Crippen LogP contribution in [0.1, 0.15) is 5.56 Å². The summed E-state index contributed by atoms with van der Waals surface area (Å²) in [6.07, 6.45) is 5.01. The zero-order valence-electron chi connectivity index (χ0n) is 17.5. The van der Waals surface area contributed by atoms with Crippen LogP contribution in [0, 0.1) is 11.6 Å². The molecule has 0 heterocycles. The summed E-state index contributed by atoms with van der Waals surface area (Å²) in [5.41, 5.74) is 0.869. The topological polar surface area (TPSA) is 41.8 Å². The molecule has 0 saturated heterocycles. The van der Waals surface area contributed by atoms with Crippen LogP contribution in [0.2, 0.25) is 0 Å². The molecular weight excluding hydrogens is 415 g/mol. The second-order valence-corrected chi connectivity index (χ2v) is 6.63. The van der Waals surface area contributed by atoms with Gasteiger partial charge in [0.15, 0.2) is 11.6 Å². The molecule has 1 N–H and O–H groups in total. The lowest BCUT2D eigenvalue weighted by atomic mass is 10.0. The van der Waals surface area contributed by atoms with E-state index in [4.69, 9.17) is 4.74 Å². The number of aliphatic imine (C=N–C) groups is 1. The van der Waals surface area contributed by atoms with E-state index in [9.17, 15) is 18.3 Å². The molecule has 6 heteroatoms. The average molecular weight is 437 g/mol. The summed E-state index contributed by atoms with van der Waals surface area (Å²) in [6.45, 7) is 14.5. The first kappa shape index (κ1) is 24.2. The summed E-state index contributed by atoms with van der Waals surface area (Å²) in [6, 6.07) is 8.61. The number of nitrogens with zero attached hydrogens (tertiary/aromatic N) is 1. The zero-order chi connectivity index (χ0) is 23.8. The standard InChI is InChI=1S/C26H22F3NO2/c1-16(19(4)24(27)14-18(3)32-5)15-30-17(2)6-7-21-10-13-23(26(29)25(21)28)20-8-11-22(31)12-9-20/h6-15,31H,1-4H2,5H3/b7-6+,24-14+,30-15?. The molecule has 2 rings (SSSR count). The summed E-state index contributed by atoms with van der Waals surface area (Å²) in [5.74, 6) is -2.59. The molecule has 164 valence electrons. The molecule has 0 amide bonds. The molecule has 0 unspecified atom stereocenters. The zero-order valence-corrected chi connectivity index (χ0v) is 17.5. The maximum Gasteiger partial charge on any atom is 0.167 e. The molecule has 2 aromatic rings. The van der Waals surface area contributed by atoms with Crippen molar-refractivity contribution in [2.75, 3.05) is 7.11 Å². The first-order valence-electron chi connectivity index (χ1n) is 9.31. The van der Waals surface area contributed by atoms with Gasteiger partial charge in [0.25, 0.3) is 0 Å². The minimum atomic E-state index is -1.04. The van der Waals surface area contributed by atoms with Gasteiger partial charge in [-0.3, -0.25) is 4.99 Å². The lowest BCUT2D eigenvalue weighted by Gasteiger charge is -2.07. The van der Waals surface area contributed by atoms with E-state index in [1.807, 2.05) is 0 Å². The van der Waals surface area contributed by atoms with Gasteiger partial charge < -0.3 is 9.84 Å². The van der Waals surface area contributed by atoms with Crippen molar-refractivity contribution in [3.05, 3.63) is 120 Å². The number of benzene rings is 2. The summed E-state index contributed by atoms with van der Waals surface area (Å²) >= 11 is 0. The van der Waals surface area contributed by atoms with E-state index < -0.39 is 17.5 Å². The van der Waals surface area contributed by atoms with Gasteiger partial charge in [0.2, 0.25) is 0 Å². The van der Waals surface area contributed by atoms with Crippen LogP contribution in [0.25, 0.3) is 17.2 Å². The van der Waals surface area contributed by atoms with Crippen molar-refractivity contribution in [1.82, 2.24) is 0 Å². The molecule has 0 aromatic heterocycles. The Balaban J connectivity index is 2.12. The molecule has 0 aliphatic rings. The largest absolute Gasteiger partial charge is 0.508 e. The first-order chi connectivity index (χ1) is 15.1. The number of hydrogen-bond donors (Lipinski definition) is 1. The van der Waals surface area contributed by atoms with Crippen molar-refractivity contribution in [2.24, 2.45) is 4.99 Å². The highest BCUT2D eigenvalue weighted by atomic mass is 19.2. The van der Waals surface area contributed by atoms with Gasteiger partial charge in [-0.2, -0.15) is 0 Å². The van der Waals surface area contributed by atoms with Crippen LogP contribution in [-0.4, -0.2) is 18.4 Å². The van der Waals surface area contributed by atoms with E-state index in [0.717, 1.165) is 6.08 Å². The Morgan fingerprint density at radius 3 is 2.28 bits per heavy atom. The highest BCUT2D eigenvalue weighted by Gasteiger charge is 2.13. The molecule has 0 spiro atoms. The predicted octanol–water partition coefficient (Wildman–Crippen LogP) is 7.06. The fourth-order valence-electron chi connectivity index (χ4n) is 2.47. The van der Waals surface area contributed by atoms with Crippen molar-refractivity contribution >= 4 is 12.3 Å². The van der Waals surface area contributed by atoms with E-state index in [1.54, 1.807) is 0 Å². The van der Waals surface area contributed by atoms with Gasteiger partial charge in [0.1, 0.15) is 17.3 Å². The van der Waals surface area contributed by atoms with Crippen LogP contribution in [0.4, 0.5) is 13.2 Å². The Bertz CT molecular complexity index is 1160. The van der Waals surface area contributed by atoms with E-state index in [2.05, 4.69) is 31.3 Å². The third kappa shape index (κ3) is 6.22. The van der Waals surface area contributed by atoms with E-state index in [-0.39, 0.29) is 39.5 Å². The number of allylic oxidation sites excluding steroid dienone is 5. The number of hydrogen-bond acceptors (Lipinski definition) is 3. The fraction of sp³-hybridized carbons (Fsp3) is 0.0385. The molecule has 0 atom stereocenters. The summed E-state index contributed by atoms with van der Waals surface area (Å²) in [7, 11) is 1.36. The van der Waals surface area contributed by atoms with Crippen molar-refractivity contribution in [3.63, 3.8) is 0 Å². The molecule has 0 aliphatic heterocycles. The van der Waals surface area contributed by atoms with E-state index in [1.165, 1.54) is 61.9 Å². The Labute approximate surface area is 185 Å². The molecule has 3 nitrogen and oxygen atoms in total. The quantitative estimate of drug-likeness (QED) is 0.259. The maximum absolute atomic E-state index is 14.5. The lowest BCUT2D eigenvalue weighted by molar-refractivity contribution is 0.307. The van der Waals surface area contributed by atoms with Crippen molar-refractivity contribution in [3.8, 4) is 16.9 Å². The van der Waals surface area contributed by atoms with Gasteiger partial charge in [-0.1, -0.05) is 50.6 Å². The number of methoxy groups -OCH3 is 1. The van der Waals surface area contributed by atoms with Crippen LogP contribution in [0.3, 0.4) is 0 Å². The summed E-state index contributed by atoms with van der Waals surface area (Å²) < 4.78 is 47.8. The van der Waals surface area contributed by atoms with Crippen molar-refractivity contribution in [2.45, 2.75) is 0 Å². The molecule has 0 bridgehead atoms. The maximum atomic E-state index is 14.5. The van der Waals surface area contributed by atoms with Gasteiger partial charge in [-0.15, -0.1) is 0 Å². The van der Waals surface area contributed by atoms with Crippen LogP contribution >= 0.6 is 0 Å². The van der Waals surface area contributed by atoms with Crippen LogP contribution < -0.4 is 0 Å². The smallest absolute Gasteiger partial charge is 0.167 e. The fourth-order valence-corrected chi connectivity index (χ4v) is 2.47. The van der Waals surface area contributed by atoms with Gasteiger partial charge in [-0.25, -0.2) is 13.2 Å². The number of aromatic hydroxyl groups is 1. The minimum absolute atomic E-state index is 0.00308. The monoisotopic (exact) mass is 437 g/mol. The Hall–Kier alpha value is -4.06. The molecule has 0 saturated carbocycles. The molecule has 0 radical (unpaired) electrons. The first-order valence-corrected chi connectivity index (χ1v) is 9.31. The van der Waals surface area contributed by atoms with Gasteiger partial charge >= 0.3 is 0 Å². The second kappa shape index (κ2) is 10.8. The van der Waals surface area contributed by atoms with E-state index in [0.29, 0.717) is 5.56 Å². The van der Waals surface area contributed by atoms with Gasteiger partial charge in [-0.05, 0) is 35.4 Å². The highest BCUT2D eigenvalue weighted by Crippen LogP contribution is 2.28. The minimum Gasteiger partial charge on any atom is -0.508 e. The molecule has 0 fully saturated rings. The van der Waals surface area contributed by atoms with Crippen LogP contribution in [0.5, 0.6) is 5.75 Å². The number of phenolic OH excluding ortho intramolecular Hbond substituents is 1. The number of phenols is 1. The predicted molar refractivity (Wildman–Crippen MR) is 124 cm³/mol. The van der Waals surface area contributed by atoms with Crippen molar-refractivity contribution in [1.29, 1.82) is 0 Å². The third-order valence-corrected chi connectivity index (χ3v) is 4.36. The molecule has 2 aromatic carbocycles. The second-order valence-electron chi connectivity index (χ2n) is 6.63. The Morgan fingerprint density at radius 2 is 1.66 bits per heavy atom. The third-order valence-electron chi connectivity index (χ3n) is 4.36. The Kier molecular flexibility index (Phi) is 8.18. The SMILES string of the molecule is C=C(/C=C/c1ccc(-c2ccc(O)cc2)c(F)c1F)N=CC(=C)C(=C)/C(F)=C\C(=C)OC. The Morgan fingerprint density at radius 1 is 1.00 bits per heavy atom. The highest BCUT2D eigenvalue weighted by molar-refractivity contribution is 5.86. The lowest BCUT2D eigenvalue weighted by Crippen LogP contribution is -1.93. The molecule has 32 heavy (non-hydrogen) atoms. The molecule has 0 aliphatic carbocycles. The number of ether oxygens (including phenoxy) is 1. The van der Waals surface area contributed by atoms with Gasteiger partial charge in [0.05, 0.1) is 12.8 Å². The molecular formula is C26H22F3NO2.